The number of ketones is 1. The highest BCUT2D eigenvalue weighted by atomic mass is 35.5. The number of fused-ring (bicyclic) bond motifs is 3. The van der Waals surface area contributed by atoms with Crippen LogP contribution >= 0.6 is 23.2 Å². The summed E-state index contributed by atoms with van der Waals surface area (Å²) in [5.41, 5.74) is 2.58. The van der Waals surface area contributed by atoms with E-state index in [2.05, 4.69) is 0 Å². The molecule has 1 aliphatic rings. The molecule has 0 saturated heterocycles. The third-order valence-corrected chi connectivity index (χ3v) is 4.21. The maximum atomic E-state index is 12.5. The second kappa shape index (κ2) is 5.30. The van der Waals surface area contributed by atoms with Crippen molar-refractivity contribution in [3.05, 3.63) is 51.5 Å². The number of rotatable bonds is 2. The van der Waals surface area contributed by atoms with Gasteiger partial charge in [-0.15, -0.1) is 0 Å². The minimum absolute atomic E-state index is 0.174. The van der Waals surface area contributed by atoms with Crippen molar-refractivity contribution in [3.8, 4) is 11.1 Å². The summed E-state index contributed by atoms with van der Waals surface area (Å²) >= 11 is 12.1. The molecule has 22 heavy (non-hydrogen) atoms. The van der Waals surface area contributed by atoms with Crippen molar-refractivity contribution in [2.75, 3.05) is 11.4 Å². The molecule has 0 bridgehead atoms. The quantitative estimate of drug-likeness (QED) is 0.721. The molecule has 0 radical (unpaired) electrons. The van der Waals surface area contributed by atoms with E-state index in [0.717, 1.165) is 10.5 Å². The minimum Gasteiger partial charge on any atom is -0.530 e. The van der Waals surface area contributed by atoms with Crippen LogP contribution in [0.1, 0.15) is 22.8 Å². The van der Waals surface area contributed by atoms with Crippen molar-refractivity contribution in [3.63, 3.8) is 0 Å². The molecule has 3 rings (SSSR count). The van der Waals surface area contributed by atoms with E-state index >= 15 is 0 Å². The van der Waals surface area contributed by atoms with Gasteiger partial charge >= 0.3 is 0 Å². The molecule has 1 amide bonds. The molecule has 0 atom stereocenters. The van der Waals surface area contributed by atoms with E-state index in [1.54, 1.807) is 31.2 Å². The second-order valence-electron chi connectivity index (χ2n) is 4.88. The molecular weight excluding hydrogens is 325 g/mol. The monoisotopic (exact) mass is 334 g/mol. The standard InChI is InChI=1S/C16H11Cl2NO3/c1-2-19(16(21)22)14-7-12-10(6-13(14)18)9-4-3-8(17)5-11(9)15(12)20/h3-7H,2H2,1H3,(H,21,22)/p-1. The zero-order valence-electron chi connectivity index (χ0n) is 11.5. The average Bonchev–Trinajstić information content (AvgIpc) is 2.72. The van der Waals surface area contributed by atoms with Crippen molar-refractivity contribution in [1.29, 1.82) is 0 Å². The topological polar surface area (TPSA) is 60.4 Å². The molecule has 0 unspecified atom stereocenters. The number of hydrogen-bond donors (Lipinski definition) is 0. The number of amides is 1. The first kappa shape index (κ1) is 14.9. The molecule has 0 N–H and O–H groups in total. The van der Waals surface area contributed by atoms with Gasteiger partial charge in [-0.3, -0.25) is 4.79 Å². The maximum Gasteiger partial charge on any atom is 0.194 e. The molecule has 0 saturated carbocycles. The third kappa shape index (κ3) is 2.16. The Labute approximate surface area is 136 Å². The van der Waals surface area contributed by atoms with Gasteiger partial charge in [-0.1, -0.05) is 29.3 Å². The van der Waals surface area contributed by atoms with Crippen LogP contribution in [-0.2, 0) is 0 Å². The van der Waals surface area contributed by atoms with Crippen LogP contribution < -0.4 is 10.0 Å². The van der Waals surface area contributed by atoms with Crippen molar-refractivity contribution in [2.24, 2.45) is 0 Å². The maximum absolute atomic E-state index is 12.5. The number of halogens is 2. The van der Waals surface area contributed by atoms with Gasteiger partial charge in [0.1, 0.15) is 6.09 Å². The number of carbonyl (C=O) groups excluding carboxylic acids is 2. The van der Waals surface area contributed by atoms with Gasteiger partial charge in [0.05, 0.1) is 10.7 Å². The summed E-state index contributed by atoms with van der Waals surface area (Å²) < 4.78 is 0. The number of benzene rings is 2. The lowest BCUT2D eigenvalue weighted by molar-refractivity contribution is -0.246. The summed E-state index contributed by atoms with van der Waals surface area (Å²) in [5.74, 6) is -0.195. The number of nitrogens with zero attached hydrogens (tertiary/aromatic N) is 1. The van der Waals surface area contributed by atoms with Crippen LogP contribution in [0.5, 0.6) is 0 Å². The Morgan fingerprint density at radius 1 is 1.09 bits per heavy atom. The highest BCUT2D eigenvalue weighted by Crippen LogP contribution is 2.42. The summed E-state index contributed by atoms with van der Waals surface area (Å²) in [6.07, 6.45) is -1.37. The number of carboxylic acid groups (broad SMARTS) is 1. The molecule has 2 aromatic carbocycles. The third-order valence-electron chi connectivity index (χ3n) is 3.68. The van der Waals surface area contributed by atoms with E-state index in [1.165, 1.54) is 6.07 Å². The van der Waals surface area contributed by atoms with Gasteiger partial charge in [0, 0.05) is 22.7 Å². The zero-order valence-corrected chi connectivity index (χ0v) is 13.0. The molecule has 0 spiro atoms. The lowest BCUT2D eigenvalue weighted by Crippen LogP contribution is -2.41. The van der Waals surface area contributed by atoms with Gasteiger partial charge in [-0.05, 0) is 42.3 Å². The molecule has 6 heteroatoms. The number of anilines is 1. The Morgan fingerprint density at radius 2 is 1.77 bits per heavy atom. The fourth-order valence-electron chi connectivity index (χ4n) is 2.66. The predicted octanol–water partition coefficient (Wildman–Crippen LogP) is 3.37. The second-order valence-corrected chi connectivity index (χ2v) is 5.72. The van der Waals surface area contributed by atoms with Crippen LogP contribution in [0.3, 0.4) is 0 Å². The van der Waals surface area contributed by atoms with Gasteiger partial charge in [-0.2, -0.15) is 0 Å². The molecule has 0 aromatic heterocycles. The van der Waals surface area contributed by atoms with Crippen molar-refractivity contribution in [2.45, 2.75) is 6.92 Å². The Morgan fingerprint density at radius 3 is 2.41 bits per heavy atom. The van der Waals surface area contributed by atoms with E-state index < -0.39 is 6.09 Å². The first-order chi connectivity index (χ1) is 10.4. The van der Waals surface area contributed by atoms with Crippen LogP contribution in [0.4, 0.5) is 10.5 Å². The molecule has 112 valence electrons. The summed E-state index contributed by atoms with van der Waals surface area (Å²) in [6, 6.07) is 8.16. The van der Waals surface area contributed by atoms with Crippen LogP contribution in [0.15, 0.2) is 30.3 Å². The Hall–Kier alpha value is -2.04. The largest absolute Gasteiger partial charge is 0.530 e. The minimum atomic E-state index is -1.37. The van der Waals surface area contributed by atoms with E-state index in [0.29, 0.717) is 21.7 Å². The average molecular weight is 335 g/mol. The lowest BCUT2D eigenvalue weighted by atomic mass is 10.1. The van der Waals surface area contributed by atoms with E-state index in [-0.39, 0.29) is 23.0 Å². The smallest absolute Gasteiger partial charge is 0.194 e. The van der Waals surface area contributed by atoms with Crippen molar-refractivity contribution in [1.82, 2.24) is 0 Å². The first-order valence-electron chi connectivity index (χ1n) is 6.60. The molecule has 0 heterocycles. The summed E-state index contributed by atoms with van der Waals surface area (Å²) in [4.78, 5) is 24.7. The highest BCUT2D eigenvalue weighted by Gasteiger charge is 2.29. The molecule has 1 aliphatic carbocycles. The van der Waals surface area contributed by atoms with E-state index in [1.807, 2.05) is 0 Å². The fourth-order valence-corrected chi connectivity index (χ4v) is 3.10. The van der Waals surface area contributed by atoms with Crippen molar-refractivity contribution >= 4 is 40.8 Å². The van der Waals surface area contributed by atoms with Crippen LogP contribution in [-0.4, -0.2) is 18.4 Å². The van der Waals surface area contributed by atoms with E-state index in [4.69, 9.17) is 23.2 Å². The van der Waals surface area contributed by atoms with Crippen LogP contribution in [0.25, 0.3) is 11.1 Å². The summed E-state index contributed by atoms with van der Waals surface area (Å²) in [7, 11) is 0. The lowest BCUT2D eigenvalue weighted by Gasteiger charge is -2.25. The normalized spacial score (nSPS) is 12.0. The molecule has 0 aliphatic heterocycles. The Bertz CT molecular complexity index is 817. The Balaban J connectivity index is 2.20. The summed E-state index contributed by atoms with van der Waals surface area (Å²) in [5, 5.41) is 11.9. The van der Waals surface area contributed by atoms with Crippen LogP contribution in [0, 0.1) is 0 Å². The van der Waals surface area contributed by atoms with Gasteiger partial charge in [-0.25, -0.2) is 0 Å². The molecule has 0 fully saturated rings. The predicted molar refractivity (Wildman–Crippen MR) is 83.7 cm³/mol. The Kier molecular flexibility index (Phi) is 3.59. The van der Waals surface area contributed by atoms with Crippen molar-refractivity contribution < 1.29 is 14.7 Å². The summed E-state index contributed by atoms with van der Waals surface area (Å²) in [6.45, 7) is 1.84. The zero-order chi connectivity index (χ0) is 16.0. The number of carbonyl (C=O) groups is 2. The van der Waals surface area contributed by atoms with Gasteiger partial charge < -0.3 is 14.8 Å². The SMILES string of the molecule is CCN(C(=O)[O-])c1cc2c(cc1Cl)-c1ccc(Cl)cc1C2=O. The van der Waals surface area contributed by atoms with Gasteiger partial charge in [0.25, 0.3) is 0 Å². The molecular formula is C16H10Cl2NO3-. The highest BCUT2D eigenvalue weighted by molar-refractivity contribution is 6.36. The number of hydrogen-bond acceptors (Lipinski definition) is 3. The van der Waals surface area contributed by atoms with Gasteiger partial charge in [0.2, 0.25) is 0 Å². The van der Waals surface area contributed by atoms with E-state index in [9.17, 15) is 14.7 Å². The molecule has 2 aromatic rings. The molecule has 4 nitrogen and oxygen atoms in total. The van der Waals surface area contributed by atoms with Crippen LogP contribution in [0.2, 0.25) is 10.0 Å². The first-order valence-corrected chi connectivity index (χ1v) is 7.36. The van der Waals surface area contributed by atoms with Gasteiger partial charge in [0.15, 0.2) is 5.78 Å². The fraction of sp³-hybridized carbons (Fsp3) is 0.125.